The Morgan fingerprint density at radius 3 is 2.66 bits per heavy atom. The minimum atomic E-state index is -0.400. The maximum absolute atomic E-state index is 13.0. The molecule has 0 saturated carbocycles. The summed E-state index contributed by atoms with van der Waals surface area (Å²) in [5, 5.41) is 5.72. The van der Waals surface area contributed by atoms with Crippen molar-refractivity contribution in [3.8, 4) is 5.75 Å². The third kappa shape index (κ3) is 7.64. The van der Waals surface area contributed by atoms with Gasteiger partial charge < -0.3 is 10.1 Å². The third-order valence-electron chi connectivity index (χ3n) is 7.06. The lowest BCUT2D eigenvalue weighted by atomic mass is 9.86. The highest BCUT2D eigenvalue weighted by molar-refractivity contribution is 7.99. The number of carbonyl (C=O) groups is 1. The number of nitrogens with zero attached hydrogens (tertiary/aromatic N) is 2. The number of ether oxygens (including phenoxy) is 1. The van der Waals surface area contributed by atoms with Gasteiger partial charge in [-0.05, 0) is 69.0 Å². The van der Waals surface area contributed by atoms with Gasteiger partial charge >= 0.3 is 0 Å². The Labute approximate surface area is 219 Å². The number of piperidine rings is 1. The first-order valence-electron chi connectivity index (χ1n) is 12.8. The third-order valence-corrected chi connectivity index (χ3v) is 9.38. The number of pyridine rings is 1. The van der Waals surface area contributed by atoms with Crippen molar-refractivity contribution in [2.24, 2.45) is 5.41 Å². The SMILES string of the molecule is CSC1C=CC(SN2CCC(NC(=O)C(C)(C)CCCOc3ccc4ncccc4c3)CC2)CC1. The summed E-state index contributed by atoms with van der Waals surface area (Å²) in [6.07, 6.45) is 15.0. The lowest BCUT2D eigenvalue weighted by Crippen LogP contribution is -2.47. The van der Waals surface area contributed by atoms with Crippen molar-refractivity contribution in [3.63, 3.8) is 0 Å². The number of hydrogen-bond acceptors (Lipinski definition) is 6. The Hall–Kier alpha value is -1.70. The number of thioether (sulfide) groups is 1. The molecule has 1 N–H and O–H groups in total. The highest BCUT2D eigenvalue weighted by Gasteiger charge is 2.31. The largest absolute Gasteiger partial charge is 0.494 e. The van der Waals surface area contributed by atoms with Gasteiger partial charge in [0.2, 0.25) is 5.91 Å². The van der Waals surface area contributed by atoms with E-state index in [9.17, 15) is 4.79 Å². The number of fused-ring (bicyclic) bond motifs is 1. The average Bonchev–Trinajstić information content (AvgIpc) is 2.88. The van der Waals surface area contributed by atoms with E-state index in [4.69, 9.17) is 4.74 Å². The van der Waals surface area contributed by atoms with Gasteiger partial charge in [-0.2, -0.15) is 11.8 Å². The predicted octanol–water partition coefficient (Wildman–Crippen LogP) is 6.10. The monoisotopic (exact) mass is 513 g/mol. The quantitative estimate of drug-likeness (QED) is 0.235. The number of rotatable bonds is 10. The molecule has 2 aliphatic rings. The first-order valence-corrected chi connectivity index (χ1v) is 15.0. The van der Waals surface area contributed by atoms with Crippen molar-refractivity contribution in [1.29, 1.82) is 0 Å². The van der Waals surface area contributed by atoms with E-state index in [2.05, 4.69) is 33.0 Å². The van der Waals surface area contributed by atoms with Gasteiger partial charge in [-0.3, -0.25) is 9.78 Å². The van der Waals surface area contributed by atoms with Crippen LogP contribution < -0.4 is 10.1 Å². The summed E-state index contributed by atoms with van der Waals surface area (Å²) < 4.78 is 8.45. The Morgan fingerprint density at radius 1 is 1.14 bits per heavy atom. The Balaban J connectivity index is 1.14. The summed E-state index contributed by atoms with van der Waals surface area (Å²) in [6, 6.07) is 10.2. The van der Waals surface area contributed by atoms with Gasteiger partial charge in [-0.1, -0.05) is 44.0 Å². The molecule has 1 aromatic heterocycles. The van der Waals surface area contributed by atoms with Gasteiger partial charge in [0.05, 0.1) is 12.1 Å². The number of nitrogens with one attached hydrogen (secondary N) is 1. The molecule has 7 heteroatoms. The molecule has 2 atom stereocenters. The van der Waals surface area contributed by atoms with Crippen molar-refractivity contribution in [2.75, 3.05) is 26.0 Å². The molecule has 190 valence electrons. The van der Waals surface area contributed by atoms with E-state index in [0.29, 0.717) is 17.1 Å². The van der Waals surface area contributed by atoms with Crippen molar-refractivity contribution < 1.29 is 9.53 Å². The summed E-state index contributed by atoms with van der Waals surface area (Å²) in [4.78, 5) is 17.4. The lowest BCUT2D eigenvalue weighted by molar-refractivity contribution is -0.130. The number of carbonyl (C=O) groups excluding carboxylic acids is 1. The van der Waals surface area contributed by atoms with E-state index in [0.717, 1.165) is 55.4 Å². The Kier molecular flexibility index (Phi) is 9.42. The Morgan fingerprint density at radius 2 is 1.91 bits per heavy atom. The van der Waals surface area contributed by atoms with Crippen LogP contribution in [0.25, 0.3) is 10.9 Å². The number of benzene rings is 1. The van der Waals surface area contributed by atoms with Gasteiger partial charge in [0, 0.05) is 46.6 Å². The van der Waals surface area contributed by atoms with Crippen LogP contribution in [0.5, 0.6) is 5.75 Å². The number of hydrogen-bond donors (Lipinski definition) is 1. The summed E-state index contributed by atoms with van der Waals surface area (Å²) >= 11 is 3.95. The van der Waals surface area contributed by atoms with Crippen LogP contribution >= 0.6 is 23.7 Å². The van der Waals surface area contributed by atoms with Crippen LogP contribution in [0.1, 0.15) is 52.4 Å². The van der Waals surface area contributed by atoms with E-state index in [1.165, 1.54) is 12.8 Å². The predicted molar refractivity (Wildman–Crippen MR) is 150 cm³/mol. The van der Waals surface area contributed by atoms with E-state index < -0.39 is 5.41 Å². The van der Waals surface area contributed by atoms with Gasteiger partial charge in [-0.15, -0.1) is 0 Å². The van der Waals surface area contributed by atoms with Crippen LogP contribution in [0.2, 0.25) is 0 Å². The summed E-state index contributed by atoms with van der Waals surface area (Å²) in [7, 11) is 0. The van der Waals surface area contributed by atoms with Crippen LogP contribution in [0.15, 0.2) is 48.7 Å². The number of aromatic nitrogens is 1. The zero-order valence-electron chi connectivity index (χ0n) is 21.2. The fourth-order valence-corrected chi connectivity index (χ4v) is 6.52. The second-order valence-corrected chi connectivity index (χ2v) is 12.7. The highest BCUT2D eigenvalue weighted by atomic mass is 32.2. The maximum atomic E-state index is 13.0. The van der Waals surface area contributed by atoms with E-state index in [-0.39, 0.29) is 11.9 Å². The molecule has 2 aromatic rings. The second-order valence-electron chi connectivity index (χ2n) is 10.3. The molecule has 0 radical (unpaired) electrons. The van der Waals surface area contributed by atoms with Crippen LogP contribution in [0.3, 0.4) is 0 Å². The maximum Gasteiger partial charge on any atom is 0.225 e. The molecule has 0 spiro atoms. The second kappa shape index (κ2) is 12.5. The molecule has 1 saturated heterocycles. The van der Waals surface area contributed by atoms with Crippen LogP contribution in [-0.4, -0.2) is 57.7 Å². The molecule has 35 heavy (non-hydrogen) atoms. The summed E-state index contributed by atoms with van der Waals surface area (Å²) in [6.45, 7) is 6.78. The van der Waals surface area contributed by atoms with Crippen molar-refractivity contribution in [2.45, 2.75) is 68.9 Å². The molecule has 5 nitrogen and oxygen atoms in total. The molecule has 1 fully saturated rings. The Bertz CT molecular complexity index is 1000. The molecular weight excluding hydrogens is 474 g/mol. The van der Waals surface area contributed by atoms with Crippen LogP contribution in [0.4, 0.5) is 0 Å². The zero-order chi connectivity index (χ0) is 24.7. The van der Waals surface area contributed by atoms with Gasteiger partial charge in [0.1, 0.15) is 5.75 Å². The minimum absolute atomic E-state index is 0.165. The van der Waals surface area contributed by atoms with Crippen molar-refractivity contribution in [3.05, 3.63) is 48.7 Å². The molecule has 0 bridgehead atoms. The van der Waals surface area contributed by atoms with Crippen LogP contribution in [-0.2, 0) is 4.79 Å². The average molecular weight is 514 g/mol. The first kappa shape index (κ1) is 26.4. The molecule has 1 aliphatic carbocycles. The van der Waals surface area contributed by atoms with Gasteiger partial charge in [0.25, 0.3) is 0 Å². The normalized spacial score (nSPS) is 21.8. The molecule has 1 amide bonds. The summed E-state index contributed by atoms with van der Waals surface area (Å²) in [5.74, 6) is 1.02. The summed E-state index contributed by atoms with van der Waals surface area (Å²) in [5.41, 5.74) is 0.570. The standard InChI is InChI=1S/C28H39N3O2S2/c1-28(2,15-5-19-33-23-7-12-26-21(20-23)6-4-16-29-26)27(32)30-22-13-17-31(18-14-22)35-25-10-8-24(34-3)9-11-25/h4,6-8,10,12,16,20,22,24-25H,5,9,11,13-15,17-19H2,1-3H3,(H,30,32). The molecule has 1 aliphatic heterocycles. The van der Waals surface area contributed by atoms with E-state index in [1.807, 2.05) is 67.9 Å². The fraction of sp³-hybridized carbons (Fsp3) is 0.571. The van der Waals surface area contributed by atoms with Crippen molar-refractivity contribution >= 4 is 40.5 Å². The molecule has 2 heterocycles. The zero-order valence-corrected chi connectivity index (χ0v) is 22.9. The smallest absolute Gasteiger partial charge is 0.225 e. The van der Waals surface area contributed by atoms with Crippen molar-refractivity contribution in [1.82, 2.24) is 14.6 Å². The topological polar surface area (TPSA) is 54.5 Å². The van der Waals surface area contributed by atoms with Gasteiger partial charge in [0.15, 0.2) is 0 Å². The molecule has 4 rings (SSSR count). The lowest BCUT2D eigenvalue weighted by Gasteiger charge is -2.35. The van der Waals surface area contributed by atoms with E-state index >= 15 is 0 Å². The number of amides is 1. The molecule has 1 aromatic carbocycles. The molecular formula is C28H39N3O2S2. The van der Waals surface area contributed by atoms with Gasteiger partial charge in [-0.25, -0.2) is 4.31 Å². The first-order chi connectivity index (χ1) is 16.9. The van der Waals surface area contributed by atoms with Crippen LogP contribution in [0, 0.1) is 5.41 Å². The fourth-order valence-electron chi connectivity index (χ4n) is 4.69. The molecule has 2 unspecified atom stereocenters. The van der Waals surface area contributed by atoms with E-state index in [1.54, 1.807) is 6.20 Å². The highest BCUT2D eigenvalue weighted by Crippen LogP contribution is 2.32. The minimum Gasteiger partial charge on any atom is -0.494 e.